The molecule has 3 rings (SSSR count). The van der Waals surface area contributed by atoms with Gasteiger partial charge in [-0.05, 0) is 44.0 Å². The lowest BCUT2D eigenvalue weighted by molar-refractivity contribution is 0.372. The predicted octanol–water partition coefficient (Wildman–Crippen LogP) is 3.07. The highest BCUT2D eigenvalue weighted by atomic mass is 16.5. The van der Waals surface area contributed by atoms with Crippen LogP contribution in [0.1, 0.15) is 19.8 Å². The van der Waals surface area contributed by atoms with Crippen LogP contribution >= 0.6 is 0 Å². The fraction of sp³-hybridized carbons (Fsp3) is 0.478. The van der Waals surface area contributed by atoms with Crippen LogP contribution in [0.25, 0.3) is 0 Å². The molecule has 1 aliphatic rings. The topological polar surface area (TPSA) is 65.0 Å². The predicted molar refractivity (Wildman–Crippen MR) is 125 cm³/mol. The summed E-state index contributed by atoms with van der Waals surface area (Å²) in [7, 11) is 1.71. The number of benzene rings is 1. The first kappa shape index (κ1) is 21.7. The fourth-order valence-corrected chi connectivity index (χ4v) is 3.52. The number of methoxy groups -OCH3 is 1. The Morgan fingerprint density at radius 2 is 1.97 bits per heavy atom. The third kappa shape index (κ3) is 6.54. The Morgan fingerprint density at radius 1 is 1.10 bits per heavy atom. The molecule has 0 spiro atoms. The van der Waals surface area contributed by atoms with Crippen LogP contribution in [0, 0.1) is 0 Å². The second-order valence-electron chi connectivity index (χ2n) is 7.26. The second kappa shape index (κ2) is 11.9. The molecule has 0 atom stereocenters. The van der Waals surface area contributed by atoms with Crippen LogP contribution in [0.3, 0.4) is 0 Å². The Labute approximate surface area is 180 Å². The van der Waals surface area contributed by atoms with Crippen molar-refractivity contribution in [2.75, 3.05) is 63.1 Å². The van der Waals surface area contributed by atoms with E-state index < -0.39 is 0 Å². The monoisotopic (exact) mass is 410 g/mol. The van der Waals surface area contributed by atoms with Gasteiger partial charge < -0.3 is 25.2 Å². The van der Waals surface area contributed by atoms with Gasteiger partial charge in [0.15, 0.2) is 5.96 Å². The molecule has 1 aromatic heterocycles. The van der Waals surface area contributed by atoms with Crippen molar-refractivity contribution in [2.24, 2.45) is 4.99 Å². The maximum Gasteiger partial charge on any atom is 0.194 e. The molecule has 2 aromatic rings. The highest BCUT2D eigenvalue weighted by Gasteiger charge is 2.20. The van der Waals surface area contributed by atoms with E-state index in [9.17, 15) is 0 Å². The SMILES string of the molecule is CCNC(=NCCCCNc1ccccn1)N1CCN(c2cccc(OC)c2)CC1. The molecule has 1 saturated heterocycles. The summed E-state index contributed by atoms with van der Waals surface area (Å²) >= 11 is 0. The summed E-state index contributed by atoms with van der Waals surface area (Å²) in [4.78, 5) is 13.9. The number of unbranched alkanes of at least 4 members (excludes halogenated alkanes) is 1. The van der Waals surface area contributed by atoms with E-state index in [1.165, 1.54) is 5.69 Å². The van der Waals surface area contributed by atoms with Crippen molar-refractivity contribution in [2.45, 2.75) is 19.8 Å². The standard InChI is InChI=1S/C23H34N6O/c1-3-24-23(27-14-7-6-13-26-22-11-4-5-12-25-22)29-17-15-28(16-18-29)20-9-8-10-21(19-20)30-2/h4-5,8-12,19H,3,6-7,13-18H2,1-2H3,(H,24,27)(H,25,26). The number of nitrogens with one attached hydrogen (secondary N) is 2. The number of hydrogen-bond donors (Lipinski definition) is 2. The Balaban J connectivity index is 1.43. The van der Waals surface area contributed by atoms with Gasteiger partial charge in [0.2, 0.25) is 0 Å². The van der Waals surface area contributed by atoms with Crippen molar-refractivity contribution in [3.05, 3.63) is 48.7 Å². The molecule has 7 heteroatoms. The first-order valence-electron chi connectivity index (χ1n) is 10.9. The highest BCUT2D eigenvalue weighted by Crippen LogP contribution is 2.22. The molecule has 0 radical (unpaired) electrons. The molecule has 0 unspecified atom stereocenters. The first-order chi connectivity index (χ1) is 14.8. The zero-order chi connectivity index (χ0) is 21.0. The van der Waals surface area contributed by atoms with Crippen molar-refractivity contribution in [1.29, 1.82) is 0 Å². The third-order valence-corrected chi connectivity index (χ3v) is 5.15. The maximum absolute atomic E-state index is 5.36. The molecule has 0 amide bonds. The van der Waals surface area contributed by atoms with Crippen molar-refractivity contribution in [3.8, 4) is 5.75 Å². The van der Waals surface area contributed by atoms with Crippen LogP contribution in [0.4, 0.5) is 11.5 Å². The van der Waals surface area contributed by atoms with Gasteiger partial charge in [0.25, 0.3) is 0 Å². The van der Waals surface area contributed by atoms with Gasteiger partial charge in [0.05, 0.1) is 7.11 Å². The summed E-state index contributed by atoms with van der Waals surface area (Å²) in [5, 5.41) is 6.80. The zero-order valence-corrected chi connectivity index (χ0v) is 18.2. The number of hydrogen-bond acceptors (Lipinski definition) is 5. The second-order valence-corrected chi connectivity index (χ2v) is 7.26. The zero-order valence-electron chi connectivity index (χ0n) is 18.2. The lowest BCUT2D eigenvalue weighted by Gasteiger charge is -2.37. The van der Waals surface area contributed by atoms with E-state index in [1.807, 2.05) is 30.5 Å². The molecule has 2 heterocycles. The van der Waals surface area contributed by atoms with Gasteiger partial charge in [-0.1, -0.05) is 12.1 Å². The summed E-state index contributed by atoms with van der Waals surface area (Å²) in [6.45, 7) is 8.64. The number of guanidine groups is 1. The van der Waals surface area contributed by atoms with Crippen LogP contribution in [0.5, 0.6) is 5.75 Å². The van der Waals surface area contributed by atoms with Gasteiger partial charge in [-0.2, -0.15) is 0 Å². The van der Waals surface area contributed by atoms with Crippen molar-refractivity contribution in [3.63, 3.8) is 0 Å². The van der Waals surface area contributed by atoms with E-state index in [0.29, 0.717) is 0 Å². The van der Waals surface area contributed by atoms with E-state index in [-0.39, 0.29) is 0 Å². The van der Waals surface area contributed by atoms with Gasteiger partial charge in [0.1, 0.15) is 11.6 Å². The Bertz CT molecular complexity index is 774. The molecule has 7 nitrogen and oxygen atoms in total. The van der Waals surface area contributed by atoms with Gasteiger partial charge >= 0.3 is 0 Å². The van der Waals surface area contributed by atoms with Gasteiger partial charge in [-0.3, -0.25) is 4.99 Å². The van der Waals surface area contributed by atoms with Gasteiger partial charge in [-0.15, -0.1) is 0 Å². The number of piperazine rings is 1. The molecule has 30 heavy (non-hydrogen) atoms. The average Bonchev–Trinajstić information content (AvgIpc) is 2.81. The van der Waals surface area contributed by atoms with Crippen LogP contribution in [0.2, 0.25) is 0 Å². The molecule has 1 aromatic carbocycles. The number of ether oxygens (including phenoxy) is 1. The molecular weight excluding hydrogens is 376 g/mol. The van der Waals surface area contributed by atoms with Gasteiger partial charge in [-0.25, -0.2) is 4.98 Å². The van der Waals surface area contributed by atoms with Crippen LogP contribution in [-0.4, -0.2) is 68.8 Å². The summed E-state index contributed by atoms with van der Waals surface area (Å²) in [6, 6.07) is 14.2. The van der Waals surface area contributed by atoms with Gasteiger partial charge in [0, 0.05) is 63.8 Å². The molecule has 0 saturated carbocycles. The van der Waals surface area contributed by atoms with E-state index in [2.05, 4.69) is 50.5 Å². The summed E-state index contributed by atoms with van der Waals surface area (Å²) in [5.74, 6) is 2.87. The number of anilines is 2. The average molecular weight is 411 g/mol. The molecule has 0 aliphatic carbocycles. The number of pyridine rings is 1. The normalized spacial score (nSPS) is 14.5. The summed E-state index contributed by atoms with van der Waals surface area (Å²) < 4.78 is 5.36. The Kier molecular flexibility index (Phi) is 8.62. The maximum atomic E-state index is 5.36. The van der Waals surface area contributed by atoms with E-state index in [1.54, 1.807) is 7.11 Å². The van der Waals surface area contributed by atoms with Crippen LogP contribution in [0.15, 0.2) is 53.7 Å². The Morgan fingerprint density at radius 3 is 2.70 bits per heavy atom. The minimum Gasteiger partial charge on any atom is -0.497 e. The van der Waals surface area contributed by atoms with E-state index in [0.717, 1.165) is 76.2 Å². The minimum absolute atomic E-state index is 0.836. The van der Waals surface area contributed by atoms with Crippen LogP contribution < -0.4 is 20.3 Å². The third-order valence-electron chi connectivity index (χ3n) is 5.15. The summed E-state index contributed by atoms with van der Waals surface area (Å²) in [5.41, 5.74) is 1.22. The van der Waals surface area contributed by atoms with Crippen LogP contribution in [-0.2, 0) is 0 Å². The first-order valence-corrected chi connectivity index (χ1v) is 10.9. The quantitative estimate of drug-likeness (QED) is 0.376. The molecule has 1 fully saturated rings. The fourth-order valence-electron chi connectivity index (χ4n) is 3.52. The molecule has 1 aliphatic heterocycles. The number of nitrogens with zero attached hydrogens (tertiary/aromatic N) is 4. The van der Waals surface area contributed by atoms with Crippen molar-refractivity contribution >= 4 is 17.5 Å². The highest BCUT2D eigenvalue weighted by molar-refractivity contribution is 5.80. The molecular formula is C23H34N6O. The lowest BCUT2D eigenvalue weighted by Crippen LogP contribution is -2.52. The van der Waals surface area contributed by atoms with Crippen molar-refractivity contribution < 1.29 is 4.74 Å². The van der Waals surface area contributed by atoms with E-state index >= 15 is 0 Å². The minimum atomic E-state index is 0.836. The number of aromatic nitrogens is 1. The van der Waals surface area contributed by atoms with E-state index in [4.69, 9.17) is 9.73 Å². The smallest absolute Gasteiger partial charge is 0.194 e. The number of rotatable bonds is 9. The molecule has 162 valence electrons. The molecule has 2 N–H and O–H groups in total. The molecule has 0 bridgehead atoms. The number of aliphatic imine (C=N–C) groups is 1. The van der Waals surface area contributed by atoms with Crippen molar-refractivity contribution in [1.82, 2.24) is 15.2 Å². The Hall–Kier alpha value is -2.96. The lowest BCUT2D eigenvalue weighted by atomic mass is 10.2. The largest absolute Gasteiger partial charge is 0.497 e. The summed E-state index contributed by atoms with van der Waals surface area (Å²) in [6.07, 6.45) is 3.94.